The number of benzene rings is 1. The molecule has 3 nitrogen and oxygen atoms in total. The Morgan fingerprint density at radius 3 is 2.56 bits per heavy atom. The monoisotopic (exact) mass is 248 g/mol. The van der Waals surface area contributed by atoms with Gasteiger partial charge in [0.15, 0.2) is 11.5 Å². The maximum atomic E-state index is 11.3. The number of ether oxygens (including phenoxy) is 2. The molecular weight excluding hydrogens is 228 g/mol. The van der Waals surface area contributed by atoms with Gasteiger partial charge in [-0.25, -0.2) is 0 Å². The summed E-state index contributed by atoms with van der Waals surface area (Å²) in [4.78, 5) is 11.3. The Morgan fingerprint density at radius 2 is 1.94 bits per heavy atom. The van der Waals surface area contributed by atoms with E-state index in [1.807, 2.05) is 13.0 Å². The Balaban J connectivity index is 2.18. The second kappa shape index (κ2) is 5.89. The predicted molar refractivity (Wildman–Crippen MR) is 70.4 cm³/mol. The number of ketones is 1. The zero-order chi connectivity index (χ0) is 13.0. The Kier molecular flexibility index (Phi) is 4.24. The number of methoxy groups -OCH3 is 1. The molecule has 18 heavy (non-hydrogen) atoms. The van der Waals surface area contributed by atoms with E-state index in [-0.39, 0.29) is 0 Å². The third kappa shape index (κ3) is 2.84. The molecule has 1 saturated carbocycles. The van der Waals surface area contributed by atoms with Crippen molar-refractivity contribution in [3.8, 4) is 11.5 Å². The molecule has 0 aromatic heterocycles. The first-order valence-electron chi connectivity index (χ1n) is 6.57. The third-order valence-electron chi connectivity index (χ3n) is 3.50. The Labute approximate surface area is 108 Å². The minimum absolute atomic E-state index is 0.393. The first-order valence-corrected chi connectivity index (χ1v) is 6.57. The molecule has 0 spiro atoms. The average molecular weight is 248 g/mol. The Morgan fingerprint density at radius 1 is 1.22 bits per heavy atom. The van der Waals surface area contributed by atoms with Crippen molar-refractivity contribution in [3.05, 3.63) is 23.8 Å². The lowest BCUT2D eigenvalue weighted by Crippen LogP contribution is -2.12. The molecule has 0 atom stereocenters. The van der Waals surface area contributed by atoms with E-state index in [0.29, 0.717) is 31.1 Å². The van der Waals surface area contributed by atoms with Gasteiger partial charge < -0.3 is 9.47 Å². The highest BCUT2D eigenvalue weighted by Gasteiger charge is 2.21. The molecule has 1 aliphatic rings. The summed E-state index contributed by atoms with van der Waals surface area (Å²) in [6.45, 7) is 2.59. The highest BCUT2D eigenvalue weighted by Crippen LogP contribution is 2.36. The standard InChI is InChI=1S/C15H20O3/c1-3-18-15-10-12(6-9-14(15)17-2)11-4-7-13(16)8-5-11/h6,9-11H,3-5,7-8H2,1-2H3. The summed E-state index contributed by atoms with van der Waals surface area (Å²) in [7, 11) is 1.65. The van der Waals surface area contributed by atoms with Crippen molar-refractivity contribution < 1.29 is 14.3 Å². The lowest BCUT2D eigenvalue weighted by molar-refractivity contribution is -0.120. The van der Waals surface area contributed by atoms with Crippen molar-refractivity contribution in [3.63, 3.8) is 0 Å². The largest absolute Gasteiger partial charge is 0.493 e. The molecule has 1 aliphatic carbocycles. The normalized spacial score (nSPS) is 16.7. The maximum absolute atomic E-state index is 11.3. The quantitative estimate of drug-likeness (QED) is 0.820. The van der Waals surface area contributed by atoms with Gasteiger partial charge in [-0.1, -0.05) is 6.07 Å². The number of Topliss-reactive ketones (excluding diaryl/α,β-unsaturated/α-hetero) is 1. The van der Waals surface area contributed by atoms with E-state index in [0.717, 1.165) is 24.3 Å². The van der Waals surface area contributed by atoms with Crippen LogP contribution in [0.5, 0.6) is 11.5 Å². The van der Waals surface area contributed by atoms with E-state index in [1.54, 1.807) is 7.11 Å². The first-order chi connectivity index (χ1) is 8.74. The van der Waals surface area contributed by atoms with Crippen molar-refractivity contribution >= 4 is 5.78 Å². The van der Waals surface area contributed by atoms with Crippen LogP contribution in [-0.2, 0) is 4.79 Å². The highest BCUT2D eigenvalue weighted by molar-refractivity contribution is 5.79. The summed E-state index contributed by atoms with van der Waals surface area (Å²) >= 11 is 0. The fraction of sp³-hybridized carbons (Fsp3) is 0.533. The van der Waals surface area contributed by atoms with E-state index >= 15 is 0 Å². The molecule has 0 heterocycles. The molecule has 1 aromatic rings. The van der Waals surface area contributed by atoms with Crippen LogP contribution in [0.1, 0.15) is 44.1 Å². The van der Waals surface area contributed by atoms with Crippen LogP contribution in [0.4, 0.5) is 0 Å². The smallest absolute Gasteiger partial charge is 0.161 e. The molecule has 98 valence electrons. The zero-order valence-electron chi connectivity index (χ0n) is 11.1. The van der Waals surface area contributed by atoms with Gasteiger partial charge in [0.25, 0.3) is 0 Å². The van der Waals surface area contributed by atoms with Crippen LogP contribution in [0, 0.1) is 0 Å². The molecule has 0 N–H and O–H groups in total. The van der Waals surface area contributed by atoms with E-state index in [4.69, 9.17) is 9.47 Å². The van der Waals surface area contributed by atoms with Gasteiger partial charge in [0.05, 0.1) is 13.7 Å². The summed E-state index contributed by atoms with van der Waals surface area (Å²) in [6.07, 6.45) is 3.33. The second-order valence-electron chi connectivity index (χ2n) is 4.66. The molecule has 3 heteroatoms. The summed E-state index contributed by atoms with van der Waals surface area (Å²) < 4.78 is 10.9. The second-order valence-corrected chi connectivity index (χ2v) is 4.66. The summed E-state index contributed by atoms with van der Waals surface area (Å²) in [6, 6.07) is 6.10. The Hall–Kier alpha value is -1.51. The molecule has 1 fully saturated rings. The molecule has 1 aromatic carbocycles. The molecule has 0 radical (unpaired) electrons. The highest BCUT2D eigenvalue weighted by atomic mass is 16.5. The van der Waals surface area contributed by atoms with Gasteiger partial charge in [-0.05, 0) is 43.4 Å². The summed E-state index contributed by atoms with van der Waals surface area (Å²) in [5.41, 5.74) is 1.26. The fourth-order valence-electron chi connectivity index (χ4n) is 2.49. The topological polar surface area (TPSA) is 35.5 Å². The maximum Gasteiger partial charge on any atom is 0.161 e. The third-order valence-corrected chi connectivity index (χ3v) is 3.50. The molecule has 2 rings (SSSR count). The van der Waals surface area contributed by atoms with Gasteiger partial charge in [-0.15, -0.1) is 0 Å². The van der Waals surface area contributed by atoms with E-state index < -0.39 is 0 Å². The minimum Gasteiger partial charge on any atom is -0.493 e. The fourth-order valence-corrected chi connectivity index (χ4v) is 2.49. The first kappa shape index (κ1) is 12.9. The Bertz CT molecular complexity index is 416. The molecular formula is C15H20O3. The van der Waals surface area contributed by atoms with Crippen molar-refractivity contribution in [1.82, 2.24) is 0 Å². The van der Waals surface area contributed by atoms with E-state index in [2.05, 4.69) is 12.1 Å². The summed E-state index contributed by atoms with van der Waals surface area (Å²) in [5.74, 6) is 2.44. The lowest BCUT2D eigenvalue weighted by atomic mass is 9.83. The average Bonchev–Trinajstić information content (AvgIpc) is 2.40. The van der Waals surface area contributed by atoms with Gasteiger partial charge in [-0.3, -0.25) is 4.79 Å². The number of rotatable bonds is 4. The van der Waals surface area contributed by atoms with Crippen LogP contribution < -0.4 is 9.47 Å². The molecule has 0 amide bonds. The lowest BCUT2D eigenvalue weighted by Gasteiger charge is -2.22. The number of hydrogen-bond donors (Lipinski definition) is 0. The van der Waals surface area contributed by atoms with E-state index in [1.165, 1.54) is 5.56 Å². The van der Waals surface area contributed by atoms with Gasteiger partial charge in [0.2, 0.25) is 0 Å². The summed E-state index contributed by atoms with van der Waals surface area (Å²) in [5, 5.41) is 0. The van der Waals surface area contributed by atoms with Gasteiger partial charge >= 0.3 is 0 Å². The predicted octanol–water partition coefficient (Wildman–Crippen LogP) is 3.32. The number of carbonyl (C=O) groups is 1. The van der Waals surface area contributed by atoms with Crippen LogP contribution in [0.3, 0.4) is 0 Å². The molecule has 0 saturated heterocycles. The van der Waals surface area contributed by atoms with Crippen LogP contribution in [0.15, 0.2) is 18.2 Å². The van der Waals surface area contributed by atoms with Crippen molar-refractivity contribution in [2.45, 2.75) is 38.5 Å². The van der Waals surface area contributed by atoms with Crippen molar-refractivity contribution in [2.75, 3.05) is 13.7 Å². The van der Waals surface area contributed by atoms with E-state index in [9.17, 15) is 4.79 Å². The minimum atomic E-state index is 0.393. The van der Waals surface area contributed by atoms with Gasteiger partial charge in [-0.2, -0.15) is 0 Å². The molecule has 0 unspecified atom stereocenters. The molecule has 0 bridgehead atoms. The SMILES string of the molecule is CCOc1cc(C2CCC(=O)CC2)ccc1OC. The van der Waals surface area contributed by atoms with Crippen LogP contribution in [0.25, 0.3) is 0 Å². The van der Waals surface area contributed by atoms with Crippen molar-refractivity contribution in [2.24, 2.45) is 0 Å². The number of carbonyl (C=O) groups excluding carboxylic acids is 1. The molecule has 0 aliphatic heterocycles. The number of hydrogen-bond acceptors (Lipinski definition) is 3. The van der Waals surface area contributed by atoms with Crippen LogP contribution >= 0.6 is 0 Å². The van der Waals surface area contributed by atoms with Crippen LogP contribution in [0.2, 0.25) is 0 Å². The van der Waals surface area contributed by atoms with Gasteiger partial charge in [0, 0.05) is 12.8 Å². The zero-order valence-corrected chi connectivity index (χ0v) is 11.1. The van der Waals surface area contributed by atoms with Crippen molar-refractivity contribution in [1.29, 1.82) is 0 Å². The van der Waals surface area contributed by atoms with Gasteiger partial charge in [0.1, 0.15) is 5.78 Å². The van der Waals surface area contributed by atoms with Crippen LogP contribution in [-0.4, -0.2) is 19.5 Å².